The first-order valence-electron chi connectivity index (χ1n) is 5.89. The zero-order valence-corrected chi connectivity index (χ0v) is 12.1. The number of nitrogens with zero attached hydrogens (tertiary/aromatic N) is 1. The molecule has 0 radical (unpaired) electrons. The monoisotopic (exact) mass is 302 g/mol. The largest absolute Gasteiger partial charge is 0.381 e. The number of hydrogen-bond acceptors (Lipinski definition) is 3. The van der Waals surface area contributed by atoms with Gasteiger partial charge in [0, 0.05) is 13.0 Å². The van der Waals surface area contributed by atoms with Crippen molar-refractivity contribution in [1.29, 1.82) is 0 Å². The molecule has 1 heterocycles. The lowest BCUT2D eigenvalue weighted by molar-refractivity contribution is 0.149. The fourth-order valence-corrected chi connectivity index (χ4v) is 1.86. The van der Waals surface area contributed by atoms with Gasteiger partial charge in [-0.15, -0.1) is 0 Å². The van der Waals surface area contributed by atoms with E-state index < -0.39 is 0 Å². The third kappa shape index (κ3) is 4.60. The van der Waals surface area contributed by atoms with Gasteiger partial charge in [-0.1, -0.05) is 13.8 Å². The smallest absolute Gasteiger partial charge is 0.265 e. The molecule has 0 aliphatic heterocycles. The van der Waals surface area contributed by atoms with Crippen LogP contribution in [0.25, 0.3) is 0 Å². The molecule has 0 aromatic carbocycles. The van der Waals surface area contributed by atoms with Crippen molar-refractivity contribution in [2.24, 2.45) is 5.92 Å². The zero-order valence-electron chi connectivity index (χ0n) is 10.5. The van der Waals surface area contributed by atoms with Gasteiger partial charge in [0.1, 0.15) is 10.3 Å². The van der Waals surface area contributed by atoms with Crippen LogP contribution in [0.4, 0.5) is 0 Å². The minimum atomic E-state index is -0.109. The molecule has 1 aromatic rings. The van der Waals surface area contributed by atoms with Crippen LogP contribution < -0.4 is 5.56 Å². The first kappa shape index (κ1) is 14.4. The molecule has 0 aliphatic rings. The molecular weight excluding hydrogens is 284 g/mol. The summed E-state index contributed by atoms with van der Waals surface area (Å²) in [6.07, 6.45) is 1.44. The Balaban J connectivity index is 2.86. The molecule has 0 saturated carbocycles. The van der Waals surface area contributed by atoms with Gasteiger partial charge in [0.2, 0.25) is 0 Å². The van der Waals surface area contributed by atoms with Gasteiger partial charge < -0.3 is 9.72 Å². The Labute approximate surface area is 110 Å². The maximum atomic E-state index is 11.7. The Morgan fingerprint density at radius 3 is 2.76 bits per heavy atom. The second-order valence-electron chi connectivity index (χ2n) is 4.32. The number of ether oxygens (including phenoxy) is 1. The van der Waals surface area contributed by atoms with Crippen LogP contribution in [0.3, 0.4) is 0 Å². The van der Waals surface area contributed by atoms with Crippen molar-refractivity contribution < 1.29 is 4.74 Å². The second-order valence-corrected chi connectivity index (χ2v) is 5.11. The molecule has 96 valence electrons. The summed E-state index contributed by atoms with van der Waals surface area (Å²) in [4.78, 5) is 18.9. The number of hydrogen-bond donors (Lipinski definition) is 1. The standard InChI is InChI=1S/C12H19BrN2O2/c1-4-17-6-5-10-14-9(7-8(2)3)11(13)12(16)15-10/h8H,4-7H2,1-3H3,(H,14,15,16). The van der Waals surface area contributed by atoms with Gasteiger partial charge >= 0.3 is 0 Å². The van der Waals surface area contributed by atoms with Crippen LogP contribution in [0.2, 0.25) is 0 Å². The second kappa shape index (κ2) is 6.91. The maximum Gasteiger partial charge on any atom is 0.265 e. The van der Waals surface area contributed by atoms with Crippen LogP contribution in [-0.4, -0.2) is 23.2 Å². The number of halogens is 1. The summed E-state index contributed by atoms with van der Waals surface area (Å²) in [5, 5.41) is 0. The van der Waals surface area contributed by atoms with Crippen molar-refractivity contribution in [3.05, 3.63) is 26.3 Å². The van der Waals surface area contributed by atoms with Gasteiger partial charge in [-0.2, -0.15) is 0 Å². The molecule has 0 saturated heterocycles. The van der Waals surface area contributed by atoms with Gasteiger partial charge in [-0.05, 0) is 35.2 Å². The van der Waals surface area contributed by atoms with E-state index in [0.29, 0.717) is 35.8 Å². The Morgan fingerprint density at radius 2 is 2.18 bits per heavy atom. The van der Waals surface area contributed by atoms with Crippen molar-refractivity contribution in [1.82, 2.24) is 9.97 Å². The van der Waals surface area contributed by atoms with Crippen LogP contribution in [-0.2, 0) is 17.6 Å². The first-order valence-corrected chi connectivity index (χ1v) is 6.69. The lowest BCUT2D eigenvalue weighted by atomic mass is 10.1. The minimum absolute atomic E-state index is 0.109. The number of aromatic amines is 1. The van der Waals surface area contributed by atoms with Crippen LogP contribution in [0.1, 0.15) is 32.3 Å². The fourth-order valence-electron chi connectivity index (χ4n) is 1.51. The van der Waals surface area contributed by atoms with E-state index in [0.717, 1.165) is 12.1 Å². The summed E-state index contributed by atoms with van der Waals surface area (Å²) < 4.78 is 5.80. The summed E-state index contributed by atoms with van der Waals surface area (Å²) in [5.74, 6) is 1.17. The Morgan fingerprint density at radius 1 is 1.47 bits per heavy atom. The first-order chi connectivity index (χ1) is 8.04. The molecule has 1 N–H and O–H groups in total. The van der Waals surface area contributed by atoms with Crippen molar-refractivity contribution in [3.8, 4) is 0 Å². The average molecular weight is 303 g/mol. The molecule has 0 unspecified atom stereocenters. The van der Waals surface area contributed by atoms with Gasteiger partial charge in [0.05, 0.1) is 12.3 Å². The van der Waals surface area contributed by atoms with Crippen LogP contribution in [0.15, 0.2) is 9.27 Å². The summed E-state index contributed by atoms with van der Waals surface area (Å²) in [6.45, 7) is 7.42. The van der Waals surface area contributed by atoms with Crippen molar-refractivity contribution in [3.63, 3.8) is 0 Å². The molecule has 0 spiro atoms. The van der Waals surface area contributed by atoms with E-state index in [4.69, 9.17) is 4.74 Å². The molecule has 4 nitrogen and oxygen atoms in total. The highest BCUT2D eigenvalue weighted by Gasteiger charge is 2.10. The summed E-state index contributed by atoms with van der Waals surface area (Å²) in [6, 6.07) is 0. The molecule has 1 aromatic heterocycles. The summed E-state index contributed by atoms with van der Waals surface area (Å²) in [5.41, 5.74) is 0.720. The highest BCUT2D eigenvalue weighted by molar-refractivity contribution is 9.10. The molecule has 0 atom stereocenters. The van der Waals surface area contributed by atoms with Crippen LogP contribution >= 0.6 is 15.9 Å². The molecule has 0 fully saturated rings. The predicted molar refractivity (Wildman–Crippen MR) is 71.3 cm³/mol. The SMILES string of the molecule is CCOCCc1nc(CC(C)C)c(Br)c(=O)[nH]1. The molecule has 0 amide bonds. The summed E-state index contributed by atoms with van der Waals surface area (Å²) in [7, 11) is 0. The van der Waals surface area contributed by atoms with E-state index in [9.17, 15) is 4.79 Å². The van der Waals surface area contributed by atoms with Crippen molar-refractivity contribution >= 4 is 15.9 Å². The normalized spacial score (nSPS) is 11.1. The van der Waals surface area contributed by atoms with E-state index in [1.54, 1.807) is 0 Å². The Kier molecular flexibility index (Phi) is 5.85. The zero-order chi connectivity index (χ0) is 12.8. The molecular formula is C12H19BrN2O2. The van der Waals surface area contributed by atoms with Gasteiger partial charge in [0.25, 0.3) is 5.56 Å². The third-order valence-electron chi connectivity index (χ3n) is 2.27. The van der Waals surface area contributed by atoms with E-state index in [-0.39, 0.29) is 5.56 Å². The van der Waals surface area contributed by atoms with Gasteiger partial charge in [-0.25, -0.2) is 4.98 Å². The number of rotatable bonds is 6. The minimum Gasteiger partial charge on any atom is -0.381 e. The average Bonchev–Trinajstić information content (AvgIpc) is 2.25. The maximum absolute atomic E-state index is 11.7. The molecule has 5 heteroatoms. The van der Waals surface area contributed by atoms with Crippen LogP contribution in [0, 0.1) is 5.92 Å². The topological polar surface area (TPSA) is 55.0 Å². The Bertz CT molecular complexity index is 415. The summed E-state index contributed by atoms with van der Waals surface area (Å²) >= 11 is 3.29. The highest BCUT2D eigenvalue weighted by Crippen LogP contribution is 2.13. The number of nitrogens with one attached hydrogen (secondary N) is 1. The molecule has 0 aliphatic carbocycles. The van der Waals surface area contributed by atoms with Crippen molar-refractivity contribution in [2.45, 2.75) is 33.6 Å². The van der Waals surface area contributed by atoms with Crippen molar-refractivity contribution in [2.75, 3.05) is 13.2 Å². The lowest BCUT2D eigenvalue weighted by Gasteiger charge is -2.08. The van der Waals surface area contributed by atoms with Crippen LogP contribution in [0.5, 0.6) is 0 Å². The lowest BCUT2D eigenvalue weighted by Crippen LogP contribution is -2.18. The van der Waals surface area contributed by atoms with E-state index in [1.165, 1.54) is 0 Å². The highest BCUT2D eigenvalue weighted by atomic mass is 79.9. The molecule has 0 bridgehead atoms. The van der Waals surface area contributed by atoms with Gasteiger partial charge in [-0.3, -0.25) is 4.79 Å². The number of H-pyrrole nitrogens is 1. The third-order valence-corrected chi connectivity index (χ3v) is 3.09. The quantitative estimate of drug-likeness (QED) is 0.821. The Hall–Kier alpha value is -0.680. The fraction of sp³-hybridized carbons (Fsp3) is 0.667. The van der Waals surface area contributed by atoms with E-state index >= 15 is 0 Å². The molecule has 1 rings (SSSR count). The number of aromatic nitrogens is 2. The van der Waals surface area contributed by atoms with E-state index in [2.05, 4.69) is 39.7 Å². The van der Waals surface area contributed by atoms with Gasteiger partial charge in [0.15, 0.2) is 0 Å². The molecule has 17 heavy (non-hydrogen) atoms. The predicted octanol–water partition coefficient (Wildman–Crippen LogP) is 2.31. The van der Waals surface area contributed by atoms with E-state index in [1.807, 2.05) is 6.92 Å².